The molecule has 0 atom stereocenters. The SMILES string of the molecule is O=C(Nc1ccc(NCc2cccnc2)nn1)c1ccc(C(F)(F)F)cc1. The lowest BCUT2D eigenvalue weighted by Gasteiger charge is -2.08. The molecule has 3 aromatic rings. The monoisotopic (exact) mass is 373 g/mol. The average Bonchev–Trinajstić information content (AvgIpc) is 2.68. The first-order chi connectivity index (χ1) is 12.9. The fraction of sp³-hybridized carbons (Fsp3) is 0.111. The molecule has 0 aliphatic carbocycles. The van der Waals surface area contributed by atoms with Gasteiger partial charge in [-0.2, -0.15) is 13.2 Å². The molecule has 6 nitrogen and oxygen atoms in total. The predicted octanol–water partition coefficient (Wildman–Crippen LogP) is 3.75. The van der Waals surface area contributed by atoms with Crippen LogP contribution in [-0.2, 0) is 12.7 Å². The van der Waals surface area contributed by atoms with E-state index in [9.17, 15) is 18.0 Å². The fourth-order valence-corrected chi connectivity index (χ4v) is 2.19. The zero-order valence-electron chi connectivity index (χ0n) is 13.9. The summed E-state index contributed by atoms with van der Waals surface area (Å²) in [6.45, 7) is 0.514. The van der Waals surface area contributed by atoms with E-state index in [4.69, 9.17) is 0 Å². The molecule has 2 N–H and O–H groups in total. The van der Waals surface area contributed by atoms with E-state index in [-0.39, 0.29) is 11.4 Å². The number of amides is 1. The first-order valence-corrected chi connectivity index (χ1v) is 7.87. The molecule has 1 amide bonds. The maximum atomic E-state index is 12.5. The fourth-order valence-electron chi connectivity index (χ4n) is 2.19. The summed E-state index contributed by atoms with van der Waals surface area (Å²) in [6.07, 6.45) is -1.05. The second-order valence-electron chi connectivity index (χ2n) is 5.55. The van der Waals surface area contributed by atoms with Gasteiger partial charge in [-0.15, -0.1) is 10.2 Å². The molecule has 0 aliphatic rings. The van der Waals surface area contributed by atoms with Crippen LogP contribution in [0.1, 0.15) is 21.5 Å². The molecule has 2 heterocycles. The van der Waals surface area contributed by atoms with E-state index in [1.807, 2.05) is 12.1 Å². The molecular formula is C18H14F3N5O. The lowest BCUT2D eigenvalue weighted by Crippen LogP contribution is -2.14. The van der Waals surface area contributed by atoms with Gasteiger partial charge in [-0.05, 0) is 48.0 Å². The van der Waals surface area contributed by atoms with Gasteiger partial charge >= 0.3 is 6.18 Å². The molecule has 0 unspecified atom stereocenters. The first kappa shape index (κ1) is 18.3. The van der Waals surface area contributed by atoms with Crippen molar-refractivity contribution in [1.82, 2.24) is 15.2 Å². The molecule has 3 rings (SSSR count). The van der Waals surface area contributed by atoms with Crippen LogP contribution >= 0.6 is 0 Å². The zero-order chi connectivity index (χ0) is 19.3. The summed E-state index contributed by atoms with van der Waals surface area (Å²) in [5, 5.41) is 13.4. The van der Waals surface area contributed by atoms with Crippen LogP contribution < -0.4 is 10.6 Å². The van der Waals surface area contributed by atoms with Gasteiger partial charge in [-0.25, -0.2) is 0 Å². The average molecular weight is 373 g/mol. The molecular weight excluding hydrogens is 359 g/mol. The van der Waals surface area contributed by atoms with Gasteiger partial charge in [0.1, 0.15) is 5.82 Å². The Balaban J connectivity index is 1.58. The van der Waals surface area contributed by atoms with Crippen molar-refractivity contribution in [2.75, 3.05) is 10.6 Å². The number of alkyl halides is 3. The summed E-state index contributed by atoms with van der Waals surface area (Å²) in [5.41, 5.74) is 0.241. The summed E-state index contributed by atoms with van der Waals surface area (Å²) in [4.78, 5) is 16.1. The minimum atomic E-state index is -4.45. The molecule has 2 aromatic heterocycles. The third-order valence-corrected chi connectivity index (χ3v) is 3.58. The standard InChI is InChI=1S/C18H14F3N5O/c19-18(20,21)14-5-3-13(4-6-14)17(27)24-16-8-7-15(25-26-16)23-11-12-2-1-9-22-10-12/h1-10H,11H2,(H,23,25)(H,24,26,27). The summed E-state index contributed by atoms with van der Waals surface area (Å²) in [5.74, 6) is 0.118. The number of hydrogen-bond acceptors (Lipinski definition) is 5. The second kappa shape index (κ2) is 7.81. The van der Waals surface area contributed by atoms with Crippen molar-refractivity contribution in [3.05, 3.63) is 77.6 Å². The molecule has 0 saturated carbocycles. The van der Waals surface area contributed by atoms with Crippen molar-refractivity contribution in [2.24, 2.45) is 0 Å². The van der Waals surface area contributed by atoms with Crippen molar-refractivity contribution in [3.8, 4) is 0 Å². The number of carbonyl (C=O) groups is 1. The smallest absolute Gasteiger partial charge is 0.364 e. The maximum Gasteiger partial charge on any atom is 0.416 e. The number of anilines is 2. The topological polar surface area (TPSA) is 79.8 Å². The maximum absolute atomic E-state index is 12.5. The van der Waals surface area contributed by atoms with E-state index in [0.717, 1.165) is 29.8 Å². The van der Waals surface area contributed by atoms with Gasteiger partial charge in [0.05, 0.1) is 5.56 Å². The van der Waals surface area contributed by atoms with Gasteiger partial charge in [-0.3, -0.25) is 9.78 Å². The number of aromatic nitrogens is 3. The zero-order valence-corrected chi connectivity index (χ0v) is 13.9. The highest BCUT2D eigenvalue weighted by atomic mass is 19.4. The number of hydrogen-bond donors (Lipinski definition) is 2. The Morgan fingerprint density at radius 2 is 1.67 bits per heavy atom. The number of nitrogens with zero attached hydrogens (tertiary/aromatic N) is 3. The van der Waals surface area contributed by atoms with Crippen molar-refractivity contribution in [1.29, 1.82) is 0 Å². The molecule has 27 heavy (non-hydrogen) atoms. The largest absolute Gasteiger partial charge is 0.416 e. The quantitative estimate of drug-likeness (QED) is 0.712. The summed E-state index contributed by atoms with van der Waals surface area (Å²) < 4.78 is 37.6. The molecule has 0 spiro atoms. The molecule has 9 heteroatoms. The predicted molar refractivity (Wildman–Crippen MR) is 93.0 cm³/mol. The molecule has 0 radical (unpaired) electrons. The lowest BCUT2D eigenvalue weighted by molar-refractivity contribution is -0.137. The van der Waals surface area contributed by atoms with E-state index < -0.39 is 17.6 Å². The van der Waals surface area contributed by atoms with E-state index >= 15 is 0 Å². The van der Waals surface area contributed by atoms with Gasteiger partial charge in [0.2, 0.25) is 0 Å². The van der Waals surface area contributed by atoms with Crippen LogP contribution in [0.25, 0.3) is 0 Å². The van der Waals surface area contributed by atoms with Gasteiger partial charge < -0.3 is 10.6 Å². The third-order valence-electron chi connectivity index (χ3n) is 3.58. The summed E-state index contributed by atoms with van der Waals surface area (Å²) in [6, 6.07) is 10.8. The first-order valence-electron chi connectivity index (χ1n) is 7.87. The van der Waals surface area contributed by atoms with Crippen LogP contribution in [-0.4, -0.2) is 21.1 Å². The van der Waals surface area contributed by atoms with E-state index in [1.165, 1.54) is 0 Å². The molecule has 1 aromatic carbocycles. The van der Waals surface area contributed by atoms with Crippen LogP contribution in [0, 0.1) is 0 Å². The Morgan fingerprint density at radius 3 is 2.26 bits per heavy atom. The van der Waals surface area contributed by atoms with Gasteiger partial charge in [0.25, 0.3) is 5.91 Å². The lowest BCUT2D eigenvalue weighted by atomic mass is 10.1. The van der Waals surface area contributed by atoms with Crippen molar-refractivity contribution in [3.63, 3.8) is 0 Å². The van der Waals surface area contributed by atoms with Crippen molar-refractivity contribution in [2.45, 2.75) is 12.7 Å². The Morgan fingerprint density at radius 1 is 0.963 bits per heavy atom. The normalized spacial score (nSPS) is 11.1. The molecule has 0 fully saturated rings. The minimum absolute atomic E-state index is 0.0866. The van der Waals surface area contributed by atoms with Crippen LogP contribution in [0.4, 0.5) is 24.8 Å². The Hall–Kier alpha value is -3.49. The van der Waals surface area contributed by atoms with Gasteiger partial charge in [0.15, 0.2) is 5.82 Å². The molecule has 0 aliphatic heterocycles. The Labute approximate surface area is 152 Å². The van der Waals surface area contributed by atoms with Crippen molar-refractivity contribution < 1.29 is 18.0 Å². The summed E-state index contributed by atoms with van der Waals surface area (Å²) >= 11 is 0. The van der Waals surface area contributed by atoms with E-state index in [2.05, 4.69) is 25.8 Å². The van der Waals surface area contributed by atoms with E-state index in [1.54, 1.807) is 24.5 Å². The Bertz CT molecular complexity index is 897. The van der Waals surface area contributed by atoms with E-state index in [0.29, 0.717) is 12.4 Å². The van der Waals surface area contributed by atoms with Gasteiger partial charge in [0, 0.05) is 24.5 Å². The highest BCUT2D eigenvalue weighted by Crippen LogP contribution is 2.29. The number of benzene rings is 1. The third kappa shape index (κ3) is 5.00. The molecule has 0 saturated heterocycles. The molecule has 0 bridgehead atoms. The number of halogens is 3. The van der Waals surface area contributed by atoms with Crippen LogP contribution in [0.5, 0.6) is 0 Å². The summed E-state index contributed by atoms with van der Waals surface area (Å²) in [7, 11) is 0. The highest BCUT2D eigenvalue weighted by molar-refractivity contribution is 6.03. The number of pyridine rings is 1. The minimum Gasteiger partial charge on any atom is -0.364 e. The van der Waals surface area contributed by atoms with Crippen LogP contribution in [0.2, 0.25) is 0 Å². The highest BCUT2D eigenvalue weighted by Gasteiger charge is 2.30. The van der Waals surface area contributed by atoms with Crippen LogP contribution in [0.3, 0.4) is 0 Å². The number of nitrogens with one attached hydrogen (secondary N) is 2. The van der Waals surface area contributed by atoms with Crippen LogP contribution in [0.15, 0.2) is 60.9 Å². The second-order valence-corrected chi connectivity index (χ2v) is 5.55. The number of rotatable bonds is 5. The van der Waals surface area contributed by atoms with Crippen molar-refractivity contribution >= 4 is 17.5 Å². The Kier molecular flexibility index (Phi) is 5.30. The molecule has 138 valence electrons. The van der Waals surface area contributed by atoms with Gasteiger partial charge in [-0.1, -0.05) is 6.07 Å². The number of carbonyl (C=O) groups excluding carboxylic acids is 1.